The van der Waals surface area contributed by atoms with Crippen LogP contribution in [0.4, 0.5) is 0 Å². The van der Waals surface area contributed by atoms with Gasteiger partial charge in [0.25, 0.3) is 5.91 Å². The molecule has 1 aromatic carbocycles. The summed E-state index contributed by atoms with van der Waals surface area (Å²) < 4.78 is 5.57. The molecule has 2 heterocycles. The average molecular weight is 444 g/mol. The molecule has 1 fully saturated rings. The van der Waals surface area contributed by atoms with E-state index in [0.717, 1.165) is 48.2 Å². The SMILES string of the molecule is CCNC(=NCc1cccc(C(=O)NCC2CCCO2)c1)NCc1nc(C(C)C)cs1. The van der Waals surface area contributed by atoms with Crippen LogP contribution in [0.3, 0.4) is 0 Å². The van der Waals surface area contributed by atoms with Gasteiger partial charge in [-0.2, -0.15) is 0 Å². The lowest BCUT2D eigenvalue weighted by Crippen LogP contribution is -2.36. The first-order valence-corrected chi connectivity index (χ1v) is 11.9. The van der Waals surface area contributed by atoms with Crippen molar-refractivity contribution in [2.45, 2.75) is 58.7 Å². The normalized spacial score (nSPS) is 16.5. The summed E-state index contributed by atoms with van der Waals surface area (Å²) in [5.74, 6) is 1.09. The molecule has 31 heavy (non-hydrogen) atoms. The highest BCUT2D eigenvalue weighted by Crippen LogP contribution is 2.17. The first kappa shape index (κ1) is 23.2. The van der Waals surface area contributed by atoms with Crippen molar-refractivity contribution in [1.82, 2.24) is 20.9 Å². The van der Waals surface area contributed by atoms with Crippen LogP contribution in [0, 0.1) is 0 Å². The molecule has 1 atom stereocenters. The van der Waals surface area contributed by atoms with E-state index < -0.39 is 0 Å². The van der Waals surface area contributed by atoms with Gasteiger partial charge in [-0.1, -0.05) is 26.0 Å². The molecular formula is C23H33N5O2S. The molecule has 1 aromatic heterocycles. The van der Waals surface area contributed by atoms with Crippen LogP contribution in [0.25, 0.3) is 0 Å². The number of ether oxygens (including phenoxy) is 1. The molecule has 0 bridgehead atoms. The van der Waals surface area contributed by atoms with Crippen molar-refractivity contribution in [2.75, 3.05) is 19.7 Å². The Morgan fingerprint density at radius 3 is 2.90 bits per heavy atom. The van der Waals surface area contributed by atoms with Gasteiger partial charge in [-0.25, -0.2) is 9.98 Å². The molecule has 2 aromatic rings. The van der Waals surface area contributed by atoms with E-state index in [0.29, 0.717) is 31.1 Å². The monoisotopic (exact) mass is 443 g/mol. The third kappa shape index (κ3) is 7.33. The second kappa shape index (κ2) is 11.8. The van der Waals surface area contributed by atoms with Crippen molar-refractivity contribution >= 4 is 23.2 Å². The first-order chi connectivity index (χ1) is 15.0. The van der Waals surface area contributed by atoms with Crippen LogP contribution in [0.2, 0.25) is 0 Å². The van der Waals surface area contributed by atoms with Crippen LogP contribution >= 0.6 is 11.3 Å². The number of amides is 1. The van der Waals surface area contributed by atoms with E-state index in [1.54, 1.807) is 11.3 Å². The lowest BCUT2D eigenvalue weighted by Gasteiger charge is -2.12. The third-order valence-corrected chi connectivity index (χ3v) is 5.90. The highest BCUT2D eigenvalue weighted by molar-refractivity contribution is 7.09. The van der Waals surface area contributed by atoms with Crippen molar-refractivity contribution in [1.29, 1.82) is 0 Å². The van der Waals surface area contributed by atoms with Gasteiger partial charge < -0.3 is 20.7 Å². The van der Waals surface area contributed by atoms with E-state index in [-0.39, 0.29) is 12.0 Å². The maximum Gasteiger partial charge on any atom is 0.251 e. The number of thiazole rings is 1. The molecule has 8 heteroatoms. The number of guanidine groups is 1. The van der Waals surface area contributed by atoms with E-state index in [1.807, 2.05) is 31.2 Å². The predicted molar refractivity (Wildman–Crippen MR) is 126 cm³/mol. The maximum atomic E-state index is 12.5. The molecule has 1 amide bonds. The van der Waals surface area contributed by atoms with E-state index in [2.05, 4.69) is 45.2 Å². The molecule has 3 rings (SSSR count). The zero-order valence-corrected chi connectivity index (χ0v) is 19.4. The second-order valence-corrected chi connectivity index (χ2v) is 8.86. The largest absolute Gasteiger partial charge is 0.376 e. The quantitative estimate of drug-likeness (QED) is 0.408. The Bertz CT molecular complexity index is 874. The van der Waals surface area contributed by atoms with Crippen molar-refractivity contribution in [2.24, 2.45) is 4.99 Å². The number of carbonyl (C=O) groups excluding carboxylic acids is 1. The number of hydrogen-bond donors (Lipinski definition) is 3. The fourth-order valence-electron chi connectivity index (χ4n) is 3.27. The number of hydrogen-bond acceptors (Lipinski definition) is 5. The molecule has 1 saturated heterocycles. The summed E-state index contributed by atoms with van der Waals surface area (Å²) in [6.45, 7) is 9.57. The molecular weight excluding hydrogens is 410 g/mol. The summed E-state index contributed by atoms with van der Waals surface area (Å²) in [4.78, 5) is 21.8. The van der Waals surface area contributed by atoms with Crippen molar-refractivity contribution in [3.05, 3.63) is 51.5 Å². The molecule has 3 N–H and O–H groups in total. The summed E-state index contributed by atoms with van der Waals surface area (Å²) in [6, 6.07) is 7.61. The third-order valence-electron chi connectivity index (χ3n) is 5.04. The molecule has 0 radical (unpaired) electrons. The molecule has 1 aliphatic heterocycles. The summed E-state index contributed by atoms with van der Waals surface area (Å²) in [7, 11) is 0. The minimum Gasteiger partial charge on any atom is -0.376 e. The number of nitrogens with zero attached hydrogens (tertiary/aromatic N) is 2. The van der Waals surface area contributed by atoms with Crippen molar-refractivity contribution in [3.63, 3.8) is 0 Å². The summed E-state index contributed by atoms with van der Waals surface area (Å²) in [5, 5.41) is 12.7. The fourth-order valence-corrected chi connectivity index (χ4v) is 4.16. The smallest absolute Gasteiger partial charge is 0.251 e. The molecule has 1 unspecified atom stereocenters. The molecule has 1 aliphatic rings. The van der Waals surface area contributed by atoms with Crippen LogP contribution in [-0.2, 0) is 17.8 Å². The van der Waals surface area contributed by atoms with Crippen LogP contribution in [0.15, 0.2) is 34.6 Å². The Morgan fingerprint density at radius 1 is 1.32 bits per heavy atom. The predicted octanol–water partition coefficient (Wildman–Crippen LogP) is 3.43. The van der Waals surface area contributed by atoms with E-state index >= 15 is 0 Å². The molecule has 168 valence electrons. The molecule has 0 saturated carbocycles. The second-order valence-electron chi connectivity index (χ2n) is 7.91. The standard InChI is InChI=1S/C23H33N5O2S/c1-4-24-23(27-14-21-28-20(15-31-21)16(2)3)26-12-17-7-5-8-18(11-17)22(29)25-13-19-9-6-10-30-19/h5,7-8,11,15-16,19H,4,6,9-10,12-14H2,1-3H3,(H,25,29)(H2,24,26,27). The van der Waals surface area contributed by atoms with Crippen LogP contribution < -0.4 is 16.0 Å². The van der Waals surface area contributed by atoms with Gasteiger partial charge >= 0.3 is 0 Å². The van der Waals surface area contributed by atoms with Crippen LogP contribution in [0.1, 0.15) is 66.2 Å². The van der Waals surface area contributed by atoms with E-state index in [9.17, 15) is 4.79 Å². The topological polar surface area (TPSA) is 87.6 Å². The average Bonchev–Trinajstić information content (AvgIpc) is 3.46. The number of nitrogens with one attached hydrogen (secondary N) is 3. The molecule has 0 spiro atoms. The van der Waals surface area contributed by atoms with Gasteiger partial charge in [-0.15, -0.1) is 11.3 Å². The van der Waals surface area contributed by atoms with E-state index in [1.165, 1.54) is 0 Å². The highest BCUT2D eigenvalue weighted by atomic mass is 32.1. The summed E-state index contributed by atoms with van der Waals surface area (Å²) >= 11 is 1.66. The fraction of sp³-hybridized carbons (Fsp3) is 0.522. The number of aromatic nitrogens is 1. The van der Waals surface area contributed by atoms with Gasteiger partial charge in [-0.3, -0.25) is 4.79 Å². The van der Waals surface area contributed by atoms with E-state index in [4.69, 9.17) is 4.74 Å². The number of rotatable bonds is 9. The minimum atomic E-state index is -0.0731. The van der Waals surface area contributed by atoms with Gasteiger partial charge in [0.05, 0.1) is 24.9 Å². The molecule has 0 aliphatic carbocycles. The number of benzene rings is 1. The lowest BCUT2D eigenvalue weighted by molar-refractivity contribution is 0.0857. The highest BCUT2D eigenvalue weighted by Gasteiger charge is 2.16. The minimum absolute atomic E-state index is 0.0731. The Kier molecular flexibility index (Phi) is 8.85. The van der Waals surface area contributed by atoms with Crippen LogP contribution in [0.5, 0.6) is 0 Å². The lowest BCUT2D eigenvalue weighted by atomic mass is 10.1. The molecule has 7 nitrogen and oxygen atoms in total. The van der Waals surface area contributed by atoms with Crippen molar-refractivity contribution < 1.29 is 9.53 Å². The van der Waals surface area contributed by atoms with Crippen molar-refractivity contribution in [3.8, 4) is 0 Å². The van der Waals surface area contributed by atoms with Gasteiger partial charge in [0.2, 0.25) is 0 Å². The number of aliphatic imine (C=N–C) groups is 1. The number of carbonyl (C=O) groups is 1. The Labute approximate surface area is 188 Å². The summed E-state index contributed by atoms with van der Waals surface area (Å²) in [5.41, 5.74) is 2.75. The van der Waals surface area contributed by atoms with Gasteiger partial charge in [0.1, 0.15) is 5.01 Å². The van der Waals surface area contributed by atoms with Gasteiger partial charge in [0.15, 0.2) is 5.96 Å². The van der Waals surface area contributed by atoms with Crippen LogP contribution in [-0.4, -0.2) is 42.7 Å². The summed E-state index contributed by atoms with van der Waals surface area (Å²) in [6.07, 6.45) is 2.21. The Morgan fingerprint density at radius 2 is 2.19 bits per heavy atom. The maximum absolute atomic E-state index is 12.5. The van der Waals surface area contributed by atoms with Gasteiger partial charge in [0, 0.05) is 30.6 Å². The zero-order valence-electron chi connectivity index (χ0n) is 18.6. The first-order valence-electron chi connectivity index (χ1n) is 11.0. The Balaban J connectivity index is 1.55. The zero-order chi connectivity index (χ0) is 22.1. The Hall–Kier alpha value is -2.45. The van der Waals surface area contributed by atoms with Gasteiger partial charge in [-0.05, 0) is 43.4 Å².